The first kappa shape index (κ1) is 23.9. The Morgan fingerprint density at radius 1 is 1.07 bits per heavy atom. The Labute approximate surface area is 184 Å². The lowest BCUT2D eigenvalue weighted by molar-refractivity contribution is 0.313. The number of methoxy groups -OCH3 is 1. The molecule has 0 radical (unpaired) electrons. The van der Waals surface area contributed by atoms with Gasteiger partial charge in [-0.1, -0.05) is 30.3 Å². The van der Waals surface area contributed by atoms with Crippen molar-refractivity contribution < 1.29 is 14.6 Å². The molecule has 0 spiro atoms. The maximum absolute atomic E-state index is 10.1. The Hall–Kier alpha value is -2.16. The number of aliphatic imine (C=N–C) groups is 1. The number of rotatable bonds is 10. The van der Waals surface area contributed by atoms with Crippen LogP contribution >= 0.6 is 24.0 Å². The van der Waals surface area contributed by atoms with Crippen molar-refractivity contribution in [1.82, 2.24) is 10.6 Å². The van der Waals surface area contributed by atoms with E-state index in [1.807, 2.05) is 49.4 Å². The van der Waals surface area contributed by atoms with Crippen LogP contribution in [0.3, 0.4) is 0 Å². The van der Waals surface area contributed by atoms with Crippen molar-refractivity contribution in [2.45, 2.75) is 19.8 Å². The van der Waals surface area contributed by atoms with Gasteiger partial charge in [0.15, 0.2) is 17.5 Å². The van der Waals surface area contributed by atoms with Gasteiger partial charge >= 0.3 is 0 Å². The van der Waals surface area contributed by atoms with Crippen molar-refractivity contribution in [3.8, 4) is 17.2 Å². The highest BCUT2D eigenvalue weighted by Gasteiger charge is 2.07. The zero-order valence-electron chi connectivity index (χ0n) is 16.5. The van der Waals surface area contributed by atoms with Crippen molar-refractivity contribution in [2.24, 2.45) is 4.99 Å². The molecule has 28 heavy (non-hydrogen) atoms. The molecular weight excluding hydrogens is 469 g/mol. The normalized spacial score (nSPS) is 10.7. The number of phenols is 1. The molecule has 6 nitrogen and oxygen atoms in total. The van der Waals surface area contributed by atoms with Crippen molar-refractivity contribution in [3.05, 3.63) is 54.1 Å². The Morgan fingerprint density at radius 2 is 1.86 bits per heavy atom. The third-order valence-electron chi connectivity index (χ3n) is 3.92. The second-order valence-corrected chi connectivity index (χ2v) is 5.92. The molecule has 0 aliphatic rings. The van der Waals surface area contributed by atoms with Gasteiger partial charge in [-0.2, -0.15) is 0 Å². The van der Waals surface area contributed by atoms with E-state index >= 15 is 0 Å². The lowest BCUT2D eigenvalue weighted by Gasteiger charge is -2.13. The van der Waals surface area contributed by atoms with E-state index in [1.165, 1.54) is 0 Å². The van der Waals surface area contributed by atoms with Gasteiger partial charge in [0.1, 0.15) is 5.75 Å². The fourth-order valence-corrected chi connectivity index (χ4v) is 2.55. The quantitative estimate of drug-likeness (QED) is 0.202. The zero-order valence-corrected chi connectivity index (χ0v) is 18.8. The minimum atomic E-state index is 0. The number of hydrogen-bond acceptors (Lipinski definition) is 4. The van der Waals surface area contributed by atoms with E-state index in [0.29, 0.717) is 31.9 Å². The van der Waals surface area contributed by atoms with Gasteiger partial charge in [0.05, 0.1) is 13.7 Å². The van der Waals surface area contributed by atoms with Gasteiger partial charge in [-0.3, -0.25) is 4.99 Å². The molecule has 0 bridgehead atoms. The van der Waals surface area contributed by atoms with Gasteiger partial charge in [-0.25, -0.2) is 0 Å². The molecule has 0 saturated heterocycles. The van der Waals surface area contributed by atoms with Crippen molar-refractivity contribution in [3.63, 3.8) is 0 Å². The van der Waals surface area contributed by atoms with Crippen LogP contribution in [0.1, 0.15) is 18.9 Å². The van der Waals surface area contributed by atoms with E-state index in [2.05, 4.69) is 15.6 Å². The van der Waals surface area contributed by atoms with Gasteiger partial charge in [-0.15, -0.1) is 24.0 Å². The summed E-state index contributed by atoms with van der Waals surface area (Å²) >= 11 is 0. The second kappa shape index (κ2) is 13.9. The first-order chi connectivity index (χ1) is 13.2. The van der Waals surface area contributed by atoms with Crippen LogP contribution in [0.15, 0.2) is 53.5 Å². The van der Waals surface area contributed by atoms with E-state index in [-0.39, 0.29) is 29.7 Å². The first-order valence-corrected chi connectivity index (χ1v) is 9.29. The van der Waals surface area contributed by atoms with Crippen molar-refractivity contribution in [1.29, 1.82) is 0 Å². The zero-order chi connectivity index (χ0) is 19.3. The van der Waals surface area contributed by atoms with E-state index in [1.54, 1.807) is 13.2 Å². The summed E-state index contributed by atoms with van der Waals surface area (Å²) in [5, 5.41) is 16.7. The molecule has 7 heteroatoms. The predicted molar refractivity (Wildman–Crippen MR) is 124 cm³/mol. The van der Waals surface area contributed by atoms with Crippen LogP contribution in [0, 0.1) is 0 Å². The molecule has 2 aromatic rings. The second-order valence-electron chi connectivity index (χ2n) is 5.92. The lowest BCUT2D eigenvalue weighted by atomic mass is 10.1. The molecule has 0 atom stereocenters. The lowest BCUT2D eigenvalue weighted by Crippen LogP contribution is -2.38. The largest absolute Gasteiger partial charge is 0.504 e. The van der Waals surface area contributed by atoms with E-state index < -0.39 is 0 Å². The molecular formula is C21H30IN3O3. The van der Waals surface area contributed by atoms with Crippen LogP contribution in [0.25, 0.3) is 0 Å². The SMILES string of the molecule is CCNC(=NCCCOc1ccccc1)NCCc1cccc(OC)c1O.I. The third-order valence-corrected chi connectivity index (χ3v) is 3.92. The Balaban J connectivity index is 0.00000392. The maximum Gasteiger partial charge on any atom is 0.191 e. The third kappa shape index (κ3) is 8.24. The number of guanidine groups is 1. The van der Waals surface area contributed by atoms with Crippen molar-refractivity contribution in [2.75, 3.05) is 33.4 Å². The monoisotopic (exact) mass is 499 g/mol. The summed E-state index contributed by atoms with van der Waals surface area (Å²) in [5.74, 6) is 2.33. The molecule has 0 amide bonds. The van der Waals surface area contributed by atoms with E-state index in [9.17, 15) is 5.11 Å². The van der Waals surface area contributed by atoms with Crippen LogP contribution in [0.5, 0.6) is 17.2 Å². The number of hydrogen-bond donors (Lipinski definition) is 3. The average molecular weight is 499 g/mol. The highest BCUT2D eigenvalue weighted by atomic mass is 127. The van der Waals surface area contributed by atoms with Crippen LogP contribution in [0.4, 0.5) is 0 Å². The van der Waals surface area contributed by atoms with Crippen LogP contribution in [-0.4, -0.2) is 44.4 Å². The molecule has 0 unspecified atom stereocenters. The topological polar surface area (TPSA) is 75.1 Å². The summed E-state index contributed by atoms with van der Waals surface area (Å²) < 4.78 is 10.8. The Morgan fingerprint density at radius 3 is 2.57 bits per heavy atom. The number of aromatic hydroxyl groups is 1. The maximum atomic E-state index is 10.1. The standard InChI is InChI=1S/C21H29N3O3.HI/c1-3-22-21(23-14-8-16-27-18-10-5-4-6-11-18)24-15-13-17-9-7-12-19(26-2)20(17)25;/h4-7,9-12,25H,3,8,13-16H2,1-2H3,(H2,22,23,24);1H. The fraction of sp³-hybridized carbons (Fsp3) is 0.381. The molecule has 0 aliphatic carbocycles. The first-order valence-electron chi connectivity index (χ1n) is 9.29. The molecule has 0 aliphatic heterocycles. The summed E-state index contributed by atoms with van der Waals surface area (Å²) in [7, 11) is 1.55. The van der Waals surface area contributed by atoms with Gasteiger partial charge in [0.2, 0.25) is 0 Å². The van der Waals surface area contributed by atoms with Crippen molar-refractivity contribution >= 4 is 29.9 Å². The average Bonchev–Trinajstić information content (AvgIpc) is 2.69. The van der Waals surface area contributed by atoms with Crippen LogP contribution in [-0.2, 0) is 6.42 Å². The highest BCUT2D eigenvalue weighted by Crippen LogP contribution is 2.29. The highest BCUT2D eigenvalue weighted by molar-refractivity contribution is 14.0. The molecule has 0 fully saturated rings. The van der Waals surface area contributed by atoms with Crippen LogP contribution < -0.4 is 20.1 Å². The number of phenolic OH excluding ortho intramolecular Hbond substituents is 1. The molecule has 0 heterocycles. The summed E-state index contributed by atoms with van der Waals surface area (Å²) in [6.07, 6.45) is 1.51. The molecule has 2 rings (SSSR count). The number of benzene rings is 2. The molecule has 0 aromatic heterocycles. The summed E-state index contributed by atoms with van der Waals surface area (Å²) in [5.41, 5.74) is 0.842. The molecule has 2 aromatic carbocycles. The fourth-order valence-electron chi connectivity index (χ4n) is 2.55. The van der Waals surface area contributed by atoms with Gasteiger partial charge in [0.25, 0.3) is 0 Å². The summed E-state index contributed by atoms with van der Waals surface area (Å²) in [6, 6.07) is 15.3. The van der Waals surface area contributed by atoms with Gasteiger partial charge in [-0.05, 0) is 37.1 Å². The van der Waals surface area contributed by atoms with E-state index in [0.717, 1.165) is 30.2 Å². The van der Waals surface area contributed by atoms with Gasteiger partial charge < -0.3 is 25.2 Å². The number of ether oxygens (including phenoxy) is 2. The summed E-state index contributed by atoms with van der Waals surface area (Å²) in [6.45, 7) is 4.78. The number of nitrogens with zero attached hydrogens (tertiary/aromatic N) is 1. The number of para-hydroxylation sites is 2. The Bertz CT molecular complexity index is 711. The molecule has 3 N–H and O–H groups in total. The van der Waals surface area contributed by atoms with E-state index in [4.69, 9.17) is 9.47 Å². The Kier molecular flexibility index (Phi) is 11.9. The molecule has 0 saturated carbocycles. The minimum absolute atomic E-state index is 0. The number of halogens is 1. The minimum Gasteiger partial charge on any atom is -0.504 e. The van der Waals surface area contributed by atoms with Crippen LogP contribution in [0.2, 0.25) is 0 Å². The molecule has 154 valence electrons. The number of nitrogens with one attached hydrogen (secondary N) is 2. The summed E-state index contributed by atoms with van der Waals surface area (Å²) in [4.78, 5) is 4.56. The van der Waals surface area contributed by atoms with Gasteiger partial charge in [0, 0.05) is 26.1 Å². The smallest absolute Gasteiger partial charge is 0.191 e. The predicted octanol–water partition coefficient (Wildman–Crippen LogP) is 3.59.